The molecule has 0 aliphatic rings. The summed E-state index contributed by atoms with van der Waals surface area (Å²) in [5.41, 5.74) is 2.08. The third-order valence-corrected chi connectivity index (χ3v) is 2.93. The van der Waals surface area contributed by atoms with Crippen molar-refractivity contribution >= 4 is 5.91 Å². The van der Waals surface area contributed by atoms with Gasteiger partial charge in [-0.1, -0.05) is 18.2 Å². The van der Waals surface area contributed by atoms with Gasteiger partial charge in [0.2, 0.25) is 5.91 Å². The number of ether oxygens (including phenoxy) is 1. The molecule has 20 heavy (non-hydrogen) atoms. The van der Waals surface area contributed by atoms with Crippen molar-refractivity contribution in [2.45, 2.75) is 26.5 Å². The van der Waals surface area contributed by atoms with Gasteiger partial charge < -0.3 is 10.1 Å². The molecule has 1 amide bonds. The maximum absolute atomic E-state index is 11.0. The predicted molar refractivity (Wildman–Crippen MR) is 77.2 cm³/mol. The summed E-state index contributed by atoms with van der Waals surface area (Å²) in [7, 11) is 0. The number of carbonyl (C=O) groups excluding carboxylic acids is 1. The molecular formula is C16H18N2O2. The SMILES string of the molecule is CC(=O)NC(C)c1ccc(OCc2cccnc2)cc1. The van der Waals surface area contributed by atoms with E-state index in [1.165, 1.54) is 6.92 Å². The highest BCUT2D eigenvalue weighted by Crippen LogP contribution is 2.18. The van der Waals surface area contributed by atoms with E-state index in [2.05, 4.69) is 10.3 Å². The van der Waals surface area contributed by atoms with E-state index in [4.69, 9.17) is 4.74 Å². The number of nitrogens with zero attached hydrogens (tertiary/aromatic N) is 1. The van der Waals surface area contributed by atoms with Crippen LogP contribution in [0.5, 0.6) is 5.75 Å². The van der Waals surface area contributed by atoms with Gasteiger partial charge in [0.15, 0.2) is 0 Å². The second-order valence-electron chi connectivity index (χ2n) is 4.64. The van der Waals surface area contributed by atoms with Crippen molar-refractivity contribution < 1.29 is 9.53 Å². The minimum Gasteiger partial charge on any atom is -0.489 e. The first-order chi connectivity index (χ1) is 9.65. The average Bonchev–Trinajstić information content (AvgIpc) is 2.46. The van der Waals surface area contributed by atoms with Gasteiger partial charge in [0, 0.05) is 24.9 Å². The standard InChI is InChI=1S/C16H18N2O2/c1-12(18-13(2)19)15-5-7-16(8-6-15)20-11-14-4-3-9-17-10-14/h3-10,12H,11H2,1-2H3,(H,18,19). The van der Waals surface area contributed by atoms with Crippen LogP contribution in [-0.2, 0) is 11.4 Å². The Bertz CT molecular complexity index is 552. The second-order valence-corrected chi connectivity index (χ2v) is 4.64. The van der Waals surface area contributed by atoms with E-state index in [0.29, 0.717) is 6.61 Å². The fourth-order valence-electron chi connectivity index (χ4n) is 1.89. The van der Waals surface area contributed by atoms with E-state index in [1.807, 2.05) is 43.3 Å². The lowest BCUT2D eigenvalue weighted by Crippen LogP contribution is -2.23. The Hall–Kier alpha value is -2.36. The third-order valence-electron chi connectivity index (χ3n) is 2.93. The van der Waals surface area contributed by atoms with Crippen molar-refractivity contribution in [2.24, 2.45) is 0 Å². The molecule has 2 rings (SSSR count). The highest BCUT2D eigenvalue weighted by Gasteiger charge is 2.06. The van der Waals surface area contributed by atoms with Crippen LogP contribution < -0.4 is 10.1 Å². The summed E-state index contributed by atoms with van der Waals surface area (Å²) in [6, 6.07) is 11.6. The van der Waals surface area contributed by atoms with E-state index < -0.39 is 0 Å². The summed E-state index contributed by atoms with van der Waals surface area (Å²) < 4.78 is 5.68. The molecule has 2 aromatic rings. The van der Waals surface area contributed by atoms with Gasteiger partial charge in [0.25, 0.3) is 0 Å². The molecule has 1 aromatic carbocycles. The first kappa shape index (κ1) is 14.1. The molecule has 0 saturated heterocycles. The van der Waals surface area contributed by atoms with Gasteiger partial charge in [0.05, 0.1) is 6.04 Å². The fourth-order valence-corrected chi connectivity index (χ4v) is 1.89. The minimum atomic E-state index is -0.0330. The van der Waals surface area contributed by atoms with Crippen molar-refractivity contribution in [3.63, 3.8) is 0 Å². The van der Waals surface area contributed by atoms with Crippen molar-refractivity contribution in [2.75, 3.05) is 0 Å². The summed E-state index contributed by atoms with van der Waals surface area (Å²) in [6.45, 7) is 3.96. The van der Waals surface area contributed by atoms with Gasteiger partial charge in [-0.15, -0.1) is 0 Å². The first-order valence-corrected chi connectivity index (χ1v) is 6.54. The number of rotatable bonds is 5. The van der Waals surface area contributed by atoms with E-state index in [0.717, 1.165) is 16.9 Å². The number of amides is 1. The summed E-state index contributed by atoms with van der Waals surface area (Å²) in [5.74, 6) is 0.766. The Labute approximate surface area is 118 Å². The Morgan fingerprint density at radius 3 is 2.65 bits per heavy atom. The van der Waals surface area contributed by atoms with Crippen LogP contribution in [0, 0.1) is 0 Å². The number of carbonyl (C=O) groups is 1. The summed E-state index contributed by atoms with van der Waals surface area (Å²) in [5, 5.41) is 2.85. The zero-order valence-electron chi connectivity index (χ0n) is 11.7. The number of benzene rings is 1. The third kappa shape index (κ3) is 4.09. The maximum Gasteiger partial charge on any atom is 0.217 e. The van der Waals surface area contributed by atoms with Crippen LogP contribution in [0.15, 0.2) is 48.8 Å². The zero-order valence-corrected chi connectivity index (χ0v) is 11.7. The maximum atomic E-state index is 11.0. The van der Waals surface area contributed by atoms with Gasteiger partial charge >= 0.3 is 0 Å². The smallest absolute Gasteiger partial charge is 0.217 e. The second kappa shape index (κ2) is 6.70. The molecule has 0 fully saturated rings. The zero-order chi connectivity index (χ0) is 14.4. The largest absolute Gasteiger partial charge is 0.489 e. The lowest BCUT2D eigenvalue weighted by Gasteiger charge is -2.13. The Morgan fingerprint density at radius 2 is 2.05 bits per heavy atom. The molecule has 4 heteroatoms. The molecule has 1 unspecified atom stereocenters. The summed E-state index contributed by atoms with van der Waals surface area (Å²) in [6.07, 6.45) is 3.52. The van der Waals surface area contributed by atoms with Crippen LogP contribution in [0.4, 0.5) is 0 Å². The van der Waals surface area contributed by atoms with Gasteiger partial charge in [-0.05, 0) is 30.7 Å². The van der Waals surface area contributed by atoms with Crippen LogP contribution in [0.1, 0.15) is 31.0 Å². The van der Waals surface area contributed by atoms with E-state index in [1.54, 1.807) is 12.4 Å². The monoisotopic (exact) mass is 270 g/mol. The number of hydrogen-bond donors (Lipinski definition) is 1. The number of hydrogen-bond acceptors (Lipinski definition) is 3. The fraction of sp³-hybridized carbons (Fsp3) is 0.250. The quantitative estimate of drug-likeness (QED) is 0.909. The van der Waals surface area contributed by atoms with Crippen molar-refractivity contribution in [3.05, 3.63) is 59.9 Å². The van der Waals surface area contributed by atoms with Crippen LogP contribution in [0.25, 0.3) is 0 Å². The van der Waals surface area contributed by atoms with E-state index in [-0.39, 0.29) is 11.9 Å². The lowest BCUT2D eigenvalue weighted by molar-refractivity contribution is -0.119. The van der Waals surface area contributed by atoms with Gasteiger partial charge in [-0.2, -0.15) is 0 Å². The molecule has 1 atom stereocenters. The molecule has 0 bridgehead atoms. The molecule has 0 spiro atoms. The molecular weight excluding hydrogens is 252 g/mol. The molecule has 1 heterocycles. The van der Waals surface area contributed by atoms with Gasteiger partial charge in [0.1, 0.15) is 12.4 Å². The van der Waals surface area contributed by atoms with Crippen molar-refractivity contribution in [3.8, 4) is 5.75 Å². The molecule has 0 radical (unpaired) electrons. The van der Waals surface area contributed by atoms with Crippen LogP contribution in [0.3, 0.4) is 0 Å². The molecule has 0 aliphatic heterocycles. The van der Waals surface area contributed by atoms with Crippen molar-refractivity contribution in [1.29, 1.82) is 0 Å². The van der Waals surface area contributed by atoms with Crippen molar-refractivity contribution in [1.82, 2.24) is 10.3 Å². The molecule has 104 valence electrons. The molecule has 1 N–H and O–H groups in total. The predicted octanol–water partition coefficient (Wildman–Crippen LogP) is 2.86. The average molecular weight is 270 g/mol. The highest BCUT2D eigenvalue weighted by atomic mass is 16.5. The van der Waals surface area contributed by atoms with Crippen LogP contribution >= 0.6 is 0 Å². The summed E-state index contributed by atoms with van der Waals surface area (Å²) in [4.78, 5) is 15.1. The molecule has 0 aliphatic carbocycles. The molecule has 4 nitrogen and oxygen atoms in total. The Morgan fingerprint density at radius 1 is 1.30 bits per heavy atom. The minimum absolute atomic E-state index is 0.000117. The molecule has 1 aromatic heterocycles. The van der Waals surface area contributed by atoms with E-state index >= 15 is 0 Å². The number of nitrogens with one attached hydrogen (secondary N) is 1. The first-order valence-electron chi connectivity index (χ1n) is 6.54. The van der Waals surface area contributed by atoms with Crippen LogP contribution in [0.2, 0.25) is 0 Å². The Balaban J connectivity index is 1.93. The normalized spacial score (nSPS) is 11.7. The lowest BCUT2D eigenvalue weighted by atomic mass is 10.1. The van der Waals surface area contributed by atoms with Gasteiger partial charge in [-0.25, -0.2) is 0 Å². The molecule has 0 saturated carbocycles. The number of pyridine rings is 1. The van der Waals surface area contributed by atoms with Crippen LogP contribution in [-0.4, -0.2) is 10.9 Å². The number of aromatic nitrogens is 1. The topological polar surface area (TPSA) is 51.2 Å². The Kier molecular flexibility index (Phi) is 4.71. The highest BCUT2D eigenvalue weighted by molar-refractivity contribution is 5.73. The van der Waals surface area contributed by atoms with Gasteiger partial charge in [-0.3, -0.25) is 9.78 Å². The summed E-state index contributed by atoms with van der Waals surface area (Å²) >= 11 is 0. The van der Waals surface area contributed by atoms with E-state index in [9.17, 15) is 4.79 Å².